The van der Waals surface area contributed by atoms with E-state index >= 15 is 0 Å². The van der Waals surface area contributed by atoms with Gasteiger partial charge in [-0.1, -0.05) is 31.2 Å². The van der Waals surface area contributed by atoms with Gasteiger partial charge >= 0.3 is 6.16 Å². The molecule has 0 N–H and O–H groups in total. The van der Waals surface area contributed by atoms with Gasteiger partial charge in [0.15, 0.2) is 0 Å². The maximum atomic E-state index is 11.1. The molecule has 1 heterocycles. The Balaban J connectivity index is 2.16. The quantitative estimate of drug-likeness (QED) is 0.404. The normalized spacial score (nSPS) is 15.2. The van der Waals surface area contributed by atoms with Crippen LogP contribution in [-0.4, -0.2) is 29.6 Å². The first-order chi connectivity index (χ1) is 8.15. The molecular formula is C11H17NO5. The fraction of sp³-hybridized carbons (Fsp3) is 0.727. The average molecular weight is 243 g/mol. The van der Waals surface area contributed by atoms with Crippen molar-refractivity contribution in [2.75, 3.05) is 6.61 Å². The van der Waals surface area contributed by atoms with E-state index in [-0.39, 0.29) is 19.4 Å². The minimum absolute atomic E-state index is 0.0859. The van der Waals surface area contributed by atoms with Crippen molar-refractivity contribution in [3.8, 4) is 0 Å². The lowest BCUT2D eigenvalue weighted by Crippen LogP contribution is -2.32. The molecule has 96 valence electrons. The highest BCUT2D eigenvalue weighted by atomic mass is 16.8. The van der Waals surface area contributed by atoms with E-state index in [4.69, 9.17) is 4.74 Å². The van der Waals surface area contributed by atoms with Crippen molar-refractivity contribution in [2.24, 2.45) is 0 Å². The van der Waals surface area contributed by atoms with Gasteiger partial charge in [0.25, 0.3) is 11.8 Å². The Morgan fingerprint density at radius 1 is 1.18 bits per heavy atom. The molecule has 17 heavy (non-hydrogen) atoms. The zero-order chi connectivity index (χ0) is 12.7. The van der Waals surface area contributed by atoms with Gasteiger partial charge in [-0.15, -0.1) is 0 Å². The molecule has 0 saturated carbocycles. The number of nitrogens with zero attached hydrogens (tertiary/aromatic N) is 1. The van der Waals surface area contributed by atoms with Crippen LogP contribution in [0.5, 0.6) is 0 Å². The lowest BCUT2D eigenvalue weighted by atomic mass is 10.2. The third-order valence-corrected chi connectivity index (χ3v) is 2.39. The van der Waals surface area contributed by atoms with Gasteiger partial charge in [-0.3, -0.25) is 14.4 Å². The van der Waals surface area contributed by atoms with Crippen molar-refractivity contribution in [3.05, 3.63) is 0 Å². The fourth-order valence-corrected chi connectivity index (χ4v) is 1.44. The molecule has 6 heteroatoms. The van der Waals surface area contributed by atoms with Gasteiger partial charge in [-0.2, -0.15) is 0 Å². The SMILES string of the molecule is CCCCCCOC(=O)ON1C(=O)CCC1=O. The molecule has 1 rings (SSSR count). The summed E-state index contributed by atoms with van der Waals surface area (Å²) in [5, 5.41) is 0.481. The van der Waals surface area contributed by atoms with Gasteiger partial charge in [0, 0.05) is 12.8 Å². The highest BCUT2D eigenvalue weighted by Gasteiger charge is 2.33. The van der Waals surface area contributed by atoms with Crippen molar-refractivity contribution in [1.29, 1.82) is 0 Å². The Morgan fingerprint density at radius 3 is 2.41 bits per heavy atom. The number of rotatable bonds is 6. The molecule has 0 aromatic heterocycles. The second-order valence-electron chi connectivity index (χ2n) is 3.83. The summed E-state index contributed by atoms with van der Waals surface area (Å²) in [7, 11) is 0. The lowest BCUT2D eigenvalue weighted by molar-refractivity contribution is -0.177. The first-order valence-corrected chi connectivity index (χ1v) is 5.85. The first-order valence-electron chi connectivity index (χ1n) is 5.85. The average Bonchev–Trinajstić information content (AvgIpc) is 2.60. The van der Waals surface area contributed by atoms with Crippen LogP contribution < -0.4 is 0 Å². The standard InChI is InChI=1S/C11H17NO5/c1-2-3-4-5-8-16-11(15)17-12-9(13)6-7-10(12)14/h2-8H2,1H3. The smallest absolute Gasteiger partial charge is 0.433 e. The maximum absolute atomic E-state index is 11.1. The van der Waals surface area contributed by atoms with Crippen LogP contribution in [0.3, 0.4) is 0 Å². The largest absolute Gasteiger partial charge is 0.533 e. The monoisotopic (exact) mass is 243 g/mol. The summed E-state index contributed by atoms with van der Waals surface area (Å²) < 4.78 is 4.74. The molecule has 2 amide bonds. The zero-order valence-corrected chi connectivity index (χ0v) is 9.94. The number of ether oxygens (including phenoxy) is 1. The van der Waals surface area contributed by atoms with Crippen molar-refractivity contribution in [3.63, 3.8) is 0 Å². The summed E-state index contributed by atoms with van der Waals surface area (Å²) in [6.45, 7) is 2.33. The van der Waals surface area contributed by atoms with Crippen LogP contribution >= 0.6 is 0 Å². The molecule has 0 unspecified atom stereocenters. The van der Waals surface area contributed by atoms with Gasteiger partial charge in [0.2, 0.25) is 0 Å². The number of carbonyl (C=O) groups is 3. The minimum atomic E-state index is -0.995. The summed E-state index contributed by atoms with van der Waals surface area (Å²) in [5.74, 6) is -1.00. The van der Waals surface area contributed by atoms with Gasteiger partial charge in [0.05, 0.1) is 6.61 Å². The fourth-order valence-electron chi connectivity index (χ4n) is 1.44. The van der Waals surface area contributed by atoms with E-state index in [2.05, 4.69) is 11.8 Å². The highest BCUT2D eigenvalue weighted by Crippen LogP contribution is 2.12. The molecule has 1 aliphatic heterocycles. The summed E-state index contributed by atoms with van der Waals surface area (Å²) in [6, 6.07) is 0. The van der Waals surface area contributed by atoms with Gasteiger partial charge in [-0.25, -0.2) is 4.79 Å². The Hall–Kier alpha value is -1.59. The molecule has 0 bridgehead atoms. The van der Waals surface area contributed by atoms with E-state index in [0.29, 0.717) is 5.06 Å². The van der Waals surface area contributed by atoms with Crippen molar-refractivity contribution < 1.29 is 24.0 Å². The third-order valence-electron chi connectivity index (χ3n) is 2.39. The van der Waals surface area contributed by atoms with Gasteiger partial charge in [-0.05, 0) is 6.42 Å². The number of hydrogen-bond donors (Lipinski definition) is 0. The molecule has 1 fully saturated rings. The molecule has 0 aromatic rings. The summed E-state index contributed by atoms with van der Waals surface area (Å²) in [5.41, 5.74) is 0. The Labute approximate surface area is 99.8 Å². The van der Waals surface area contributed by atoms with Crippen LogP contribution in [0.4, 0.5) is 4.79 Å². The van der Waals surface area contributed by atoms with E-state index in [1.54, 1.807) is 0 Å². The number of unbranched alkanes of at least 4 members (excludes halogenated alkanes) is 3. The molecule has 1 aliphatic rings. The van der Waals surface area contributed by atoms with Crippen LogP contribution in [0, 0.1) is 0 Å². The van der Waals surface area contributed by atoms with E-state index in [1.165, 1.54) is 0 Å². The van der Waals surface area contributed by atoms with E-state index in [1.807, 2.05) is 0 Å². The van der Waals surface area contributed by atoms with Crippen LogP contribution in [0.2, 0.25) is 0 Å². The van der Waals surface area contributed by atoms with E-state index in [9.17, 15) is 14.4 Å². The minimum Gasteiger partial charge on any atom is -0.433 e. The topological polar surface area (TPSA) is 72.9 Å². The Kier molecular flexibility index (Phi) is 5.45. The molecular weight excluding hydrogens is 226 g/mol. The molecule has 0 atom stereocenters. The van der Waals surface area contributed by atoms with E-state index in [0.717, 1.165) is 25.7 Å². The molecule has 1 saturated heterocycles. The third kappa shape index (κ3) is 4.42. The second kappa shape index (κ2) is 6.88. The van der Waals surface area contributed by atoms with Crippen LogP contribution in [-0.2, 0) is 19.2 Å². The van der Waals surface area contributed by atoms with Crippen LogP contribution in [0.1, 0.15) is 45.4 Å². The van der Waals surface area contributed by atoms with Crippen LogP contribution in [0.15, 0.2) is 0 Å². The molecule has 0 spiro atoms. The van der Waals surface area contributed by atoms with Crippen molar-refractivity contribution >= 4 is 18.0 Å². The lowest BCUT2D eigenvalue weighted by Gasteiger charge is -2.12. The number of hydrogen-bond acceptors (Lipinski definition) is 5. The summed E-state index contributed by atoms with van der Waals surface area (Å²) in [4.78, 5) is 37.9. The number of carbonyl (C=O) groups excluding carboxylic acids is 3. The van der Waals surface area contributed by atoms with Crippen molar-refractivity contribution in [2.45, 2.75) is 45.4 Å². The predicted octanol–water partition coefficient (Wildman–Crippen LogP) is 1.78. The molecule has 0 radical (unpaired) electrons. The number of amides is 2. The van der Waals surface area contributed by atoms with Crippen LogP contribution in [0.25, 0.3) is 0 Å². The van der Waals surface area contributed by atoms with E-state index < -0.39 is 18.0 Å². The summed E-state index contributed by atoms with van der Waals surface area (Å²) >= 11 is 0. The molecule has 0 aromatic carbocycles. The first kappa shape index (κ1) is 13.5. The zero-order valence-electron chi connectivity index (χ0n) is 9.94. The maximum Gasteiger partial charge on any atom is 0.533 e. The van der Waals surface area contributed by atoms with Gasteiger partial charge < -0.3 is 4.74 Å². The number of hydroxylamine groups is 2. The number of imide groups is 1. The second-order valence-corrected chi connectivity index (χ2v) is 3.83. The molecule has 0 aliphatic carbocycles. The summed E-state index contributed by atoms with van der Waals surface area (Å²) in [6.07, 6.45) is 3.09. The molecule has 6 nitrogen and oxygen atoms in total. The predicted molar refractivity (Wildman–Crippen MR) is 57.7 cm³/mol. The van der Waals surface area contributed by atoms with Gasteiger partial charge in [0.1, 0.15) is 0 Å². The highest BCUT2D eigenvalue weighted by molar-refractivity contribution is 6.01. The van der Waals surface area contributed by atoms with Crippen molar-refractivity contribution in [1.82, 2.24) is 5.06 Å². The Bertz CT molecular complexity index is 286. The Morgan fingerprint density at radius 2 is 1.82 bits per heavy atom.